The molecule has 0 bridgehead atoms. The number of hydrogen-bond donors (Lipinski definition) is 3. The number of hydrogen-bond acceptors (Lipinski definition) is 7. The third-order valence-corrected chi connectivity index (χ3v) is 11.0. The Kier molecular flexibility index (Phi) is 10.8. The molecule has 2 aliphatic heterocycles. The van der Waals surface area contributed by atoms with Crippen LogP contribution < -0.4 is 20.7 Å². The van der Waals surface area contributed by atoms with Crippen LogP contribution in [-0.2, 0) is 29.7 Å². The van der Waals surface area contributed by atoms with Crippen molar-refractivity contribution in [1.29, 1.82) is 0 Å². The molecule has 12 heteroatoms. The lowest BCUT2D eigenvalue weighted by atomic mass is 9.99. The maximum absolute atomic E-state index is 11.7. The second-order valence-electron chi connectivity index (χ2n) is 13.6. The fraction of sp³-hybridized carbons (Fsp3) is 0.350. The van der Waals surface area contributed by atoms with Crippen LogP contribution in [0.3, 0.4) is 0 Å². The fourth-order valence-electron chi connectivity index (χ4n) is 7.34. The summed E-state index contributed by atoms with van der Waals surface area (Å²) < 4.78 is 7.81. The molecule has 0 saturated carbocycles. The molecule has 1 atom stereocenters. The fourth-order valence-corrected chi connectivity index (χ4v) is 7.99. The quantitative estimate of drug-likeness (QED) is 0.137. The van der Waals surface area contributed by atoms with Gasteiger partial charge in [-0.15, -0.1) is 0 Å². The average molecular weight is 741 g/mol. The van der Waals surface area contributed by atoms with Gasteiger partial charge in [0.2, 0.25) is 17.7 Å². The van der Waals surface area contributed by atoms with Crippen LogP contribution in [-0.4, -0.2) is 70.1 Å². The van der Waals surface area contributed by atoms with Crippen LogP contribution in [0.5, 0.6) is 5.88 Å². The smallest absolute Gasteiger partial charge is 0.220 e. The highest BCUT2D eigenvalue weighted by Crippen LogP contribution is 2.42. The van der Waals surface area contributed by atoms with Crippen molar-refractivity contribution in [2.24, 2.45) is 7.05 Å². The van der Waals surface area contributed by atoms with Gasteiger partial charge >= 0.3 is 0 Å². The van der Waals surface area contributed by atoms with Crippen molar-refractivity contribution < 1.29 is 14.3 Å². The van der Waals surface area contributed by atoms with Crippen molar-refractivity contribution in [3.63, 3.8) is 0 Å². The molecule has 5 aromatic rings. The number of methoxy groups -OCH3 is 1. The van der Waals surface area contributed by atoms with Crippen LogP contribution in [0.4, 0.5) is 0 Å². The Hall–Kier alpha value is -4.48. The molecule has 10 nitrogen and oxygen atoms in total. The van der Waals surface area contributed by atoms with E-state index in [1.54, 1.807) is 20.2 Å². The van der Waals surface area contributed by atoms with Crippen LogP contribution in [0, 0.1) is 0 Å². The molecule has 52 heavy (non-hydrogen) atoms. The molecule has 3 N–H and O–H groups in total. The van der Waals surface area contributed by atoms with Crippen LogP contribution in [0.2, 0.25) is 10.0 Å². The van der Waals surface area contributed by atoms with Crippen molar-refractivity contribution in [2.75, 3.05) is 26.7 Å². The number of carbonyl (C=O) groups is 2. The summed E-state index contributed by atoms with van der Waals surface area (Å²) in [7, 11) is 3.66. The molecule has 2 aliphatic rings. The third kappa shape index (κ3) is 7.52. The minimum atomic E-state index is 0.103. The molecule has 3 aromatic heterocycles. The van der Waals surface area contributed by atoms with Gasteiger partial charge < -0.3 is 30.2 Å². The molecule has 7 rings (SSSR count). The summed E-state index contributed by atoms with van der Waals surface area (Å²) in [6, 6.07) is 18.5. The highest BCUT2D eigenvalue weighted by molar-refractivity contribution is 6.39. The first-order valence-corrected chi connectivity index (χ1v) is 18.5. The summed E-state index contributed by atoms with van der Waals surface area (Å²) >= 11 is 14.3. The van der Waals surface area contributed by atoms with Crippen molar-refractivity contribution in [3.8, 4) is 39.5 Å². The predicted molar refractivity (Wildman–Crippen MR) is 206 cm³/mol. The zero-order chi connectivity index (χ0) is 36.4. The number of fused-ring (bicyclic) bond motifs is 1. The molecule has 2 amide bonds. The molecule has 0 unspecified atom stereocenters. The van der Waals surface area contributed by atoms with Gasteiger partial charge in [-0.05, 0) is 43.0 Å². The summed E-state index contributed by atoms with van der Waals surface area (Å²) in [5.74, 6) is 0.764. The minimum absolute atomic E-state index is 0.103. The molecule has 2 aromatic carbocycles. The number of nitrogens with one attached hydrogen (secondary N) is 3. The molecule has 270 valence electrons. The van der Waals surface area contributed by atoms with E-state index in [2.05, 4.69) is 52.0 Å². The maximum Gasteiger partial charge on any atom is 0.220 e. The molecular weight excluding hydrogens is 697 g/mol. The largest absolute Gasteiger partial charge is 0.481 e. The number of halogens is 2. The SMILES string of the molecule is COc1nc(-c2cccc(-c3ccnc(-c4ccc5c(CNC6CCN(C(C)=O)CC6)cn(C)c5c4)c3Cl)c2Cl)ccc1CNC[C@H]1CCC(=O)N1. The molecular formula is C40H43Cl2N7O3. The Morgan fingerprint density at radius 2 is 1.77 bits per heavy atom. The first-order valence-electron chi connectivity index (χ1n) is 17.7. The average Bonchev–Trinajstić information content (AvgIpc) is 3.72. The number of carbonyl (C=O) groups excluding carboxylic acids is 2. The van der Waals surface area contributed by atoms with Gasteiger partial charge in [-0.3, -0.25) is 14.6 Å². The highest BCUT2D eigenvalue weighted by Gasteiger charge is 2.23. The number of aromatic nitrogens is 3. The first kappa shape index (κ1) is 35.9. The number of amides is 2. The lowest BCUT2D eigenvalue weighted by molar-refractivity contribution is -0.130. The summed E-state index contributed by atoms with van der Waals surface area (Å²) in [6.07, 6.45) is 7.27. The normalized spacial score (nSPS) is 16.4. The van der Waals surface area contributed by atoms with E-state index in [0.29, 0.717) is 52.9 Å². The second kappa shape index (κ2) is 15.6. The van der Waals surface area contributed by atoms with E-state index in [1.165, 1.54) is 10.9 Å². The monoisotopic (exact) mass is 739 g/mol. The topological polar surface area (TPSA) is 113 Å². The molecule has 0 aliphatic carbocycles. The Balaban J connectivity index is 1.10. The van der Waals surface area contributed by atoms with E-state index in [9.17, 15) is 9.59 Å². The highest BCUT2D eigenvalue weighted by atomic mass is 35.5. The summed E-state index contributed by atoms with van der Waals surface area (Å²) in [5.41, 5.74) is 7.81. The molecule has 2 saturated heterocycles. The second-order valence-corrected chi connectivity index (χ2v) is 14.4. The Morgan fingerprint density at radius 3 is 2.52 bits per heavy atom. The zero-order valence-corrected chi connectivity index (χ0v) is 31.2. The summed E-state index contributed by atoms with van der Waals surface area (Å²) in [5, 5.41) is 12.3. The maximum atomic E-state index is 11.7. The predicted octanol–water partition coefficient (Wildman–Crippen LogP) is 6.75. The number of pyridine rings is 2. The molecule has 2 fully saturated rings. The van der Waals surface area contributed by atoms with E-state index >= 15 is 0 Å². The number of piperidine rings is 1. The Labute approximate surface area is 313 Å². The van der Waals surface area contributed by atoms with Crippen molar-refractivity contribution in [3.05, 3.63) is 88.2 Å². The zero-order valence-electron chi connectivity index (χ0n) is 29.6. The first-order chi connectivity index (χ1) is 25.2. The van der Waals surface area contributed by atoms with Gasteiger partial charge in [0.25, 0.3) is 0 Å². The van der Waals surface area contributed by atoms with Crippen molar-refractivity contribution in [2.45, 2.75) is 57.8 Å². The Morgan fingerprint density at radius 1 is 0.981 bits per heavy atom. The number of benzene rings is 2. The number of rotatable bonds is 11. The van der Waals surface area contributed by atoms with Gasteiger partial charge in [-0.2, -0.15) is 0 Å². The van der Waals surface area contributed by atoms with Gasteiger partial charge in [0.05, 0.1) is 28.5 Å². The van der Waals surface area contributed by atoms with Gasteiger partial charge in [0.1, 0.15) is 0 Å². The van der Waals surface area contributed by atoms with Gasteiger partial charge in [-0.1, -0.05) is 59.6 Å². The molecule has 0 spiro atoms. The van der Waals surface area contributed by atoms with Crippen LogP contribution in [0.1, 0.15) is 43.7 Å². The van der Waals surface area contributed by atoms with E-state index in [4.69, 9.17) is 37.9 Å². The third-order valence-electron chi connectivity index (χ3n) is 10.2. The lowest BCUT2D eigenvalue weighted by Gasteiger charge is -2.31. The molecule has 5 heterocycles. The number of likely N-dealkylation sites (tertiary alicyclic amines) is 1. The van der Waals surface area contributed by atoms with Crippen LogP contribution >= 0.6 is 23.2 Å². The standard InChI is InChI=1S/C40H43Cl2N7O3/c1-24(50)49-17-14-28(15-18-49)45-21-27-23-48(2)35-19-25(7-10-30(27)35)39-38(42)32(13-16-44-39)31-5-4-6-33(37(31)41)34-11-8-26(40(47-34)52-3)20-43-22-29-9-12-36(51)46-29/h4-8,10-11,13,16,19,23,28-29,43,45H,9,12,14-15,17-18,20-22H2,1-3H3,(H,46,51)/t29-/m1/s1. The van der Waals surface area contributed by atoms with E-state index in [0.717, 1.165) is 72.2 Å². The number of ether oxygens (including phenoxy) is 1. The van der Waals surface area contributed by atoms with E-state index in [1.807, 2.05) is 41.3 Å². The van der Waals surface area contributed by atoms with Crippen LogP contribution in [0.25, 0.3) is 44.5 Å². The summed E-state index contributed by atoms with van der Waals surface area (Å²) in [4.78, 5) is 34.7. The van der Waals surface area contributed by atoms with Gasteiger partial charge in [0.15, 0.2) is 0 Å². The number of aryl methyl sites for hydroxylation is 1. The Bertz CT molecular complexity index is 2130. The van der Waals surface area contributed by atoms with Crippen molar-refractivity contribution in [1.82, 2.24) is 35.4 Å². The molecule has 0 radical (unpaired) electrons. The van der Waals surface area contributed by atoms with E-state index in [-0.39, 0.29) is 17.9 Å². The van der Waals surface area contributed by atoms with Gasteiger partial charge in [-0.25, -0.2) is 4.98 Å². The van der Waals surface area contributed by atoms with Crippen molar-refractivity contribution >= 4 is 45.9 Å². The number of nitrogens with zero attached hydrogens (tertiary/aromatic N) is 4. The van der Waals surface area contributed by atoms with Crippen LogP contribution in [0.15, 0.2) is 67.0 Å². The van der Waals surface area contributed by atoms with Gasteiger partial charge in [0, 0.05) is 116 Å². The summed E-state index contributed by atoms with van der Waals surface area (Å²) in [6.45, 7) is 5.24. The lowest BCUT2D eigenvalue weighted by Crippen LogP contribution is -2.43. The minimum Gasteiger partial charge on any atom is -0.481 e. The van der Waals surface area contributed by atoms with E-state index < -0.39 is 0 Å².